The van der Waals surface area contributed by atoms with E-state index in [1.807, 2.05) is 0 Å². The van der Waals surface area contributed by atoms with E-state index in [9.17, 15) is 4.79 Å². The topological polar surface area (TPSA) is 48.5 Å². The van der Waals surface area contributed by atoms with Gasteiger partial charge in [-0.15, -0.1) is 0 Å². The standard InChI is InChI=1S/C28H46N4O/c1-4-12-22(5-2)20-32-25(29-19-23-13-8-6-9-14-23)18-24(33)27-21(3)17-26(30-28(27)32)31-15-10-7-11-16-31/h17,22-23,25,29H,4-16,18-20H2,1-3H3. The Morgan fingerprint density at radius 2 is 1.82 bits per heavy atom. The zero-order chi connectivity index (χ0) is 23.2. The second-order valence-corrected chi connectivity index (χ2v) is 10.8. The maximum atomic E-state index is 13.4. The molecule has 1 aromatic heterocycles. The second kappa shape index (κ2) is 11.7. The number of hydrogen-bond donors (Lipinski definition) is 1. The molecule has 1 N–H and O–H groups in total. The van der Waals surface area contributed by atoms with Crippen LogP contribution in [-0.4, -0.2) is 43.1 Å². The zero-order valence-corrected chi connectivity index (χ0v) is 21.4. The monoisotopic (exact) mass is 454 g/mol. The number of pyridine rings is 1. The molecular weight excluding hydrogens is 408 g/mol. The van der Waals surface area contributed by atoms with Crippen molar-refractivity contribution in [2.24, 2.45) is 11.8 Å². The van der Waals surface area contributed by atoms with E-state index < -0.39 is 0 Å². The number of nitrogens with one attached hydrogen (secondary N) is 1. The number of piperidine rings is 1. The lowest BCUT2D eigenvalue weighted by Crippen LogP contribution is -2.53. The van der Waals surface area contributed by atoms with Crippen LogP contribution in [0.1, 0.15) is 107 Å². The highest BCUT2D eigenvalue weighted by Gasteiger charge is 2.35. The average Bonchev–Trinajstić information content (AvgIpc) is 2.84. The molecule has 3 aliphatic rings. The maximum Gasteiger partial charge on any atom is 0.170 e. The highest BCUT2D eigenvalue weighted by Crippen LogP contribution is 2.35. The van der Waals surface area contributed by atoms with E-state index in [2.05, 4.69) is 42.0 Å². The van der Waals surface area contributed by atoms with Crippen molar-refractivity contribution < 1.29 is 4.79 Å². The van der Waals surface area contributed by atoms with Crippen molar-refractivity contribution in [3.63, 3.8) is 0 Å². The predicted molar refractivity (Wildman–Crippen MR) is 138 cm³/mol. The normalized spacial score (nSPS) is 23.0. The van der Waals surface area contributed by atoms with Gasteiger partial charge in [-0.25, -0.2) is 4.98 Å². The quantitative estimate of drug-likeness (QED) is 0.489. The number of fused-ring (bicyclic) bond motifs is 1. The van der Waals surface area contributed by atoms with Gasteiger partial charge in [0.1, 0.15) is 11.6 Å². The summed E-state index contributed by atoms with van der Waals surface area (Å²) in [6.45, 7) is 10.9. The third kappa shape index (κ3) is 5.90. The van der Waals surface area contributed by atoms with Crippen LogP contribution in [0.25, 0.3) is 0 Å². The first-order valence-electron chi connectivity index (χ1n) is 13.9. The predicted octanol–water partition coefficient (Wildman–Crippen LogP) is 6.10. The number of hydrogen-bond acceptors (Lipinski definition) is 5. The Morgan fingerprint density at radius 3 is 2.52 bits per heavy atom. The van der Waals surface area contributed by atoms with Crippen molar-refractivity contribution in [2.45, 2.75) is 104 Å². The fourth-order valence-electron chi connectivity index (χ4n) is 6.21. The molecule has 0 aromatic carbocycles. The molecule has 1 saturated carbocycles. The van der Waals surface area contributed by atoms with Gasteiger partial charge in [0.25, 0.3) is 0 Å². The maximum absolute atomic E-state index is 13.4. The van der Waals surface area contributed by atoms with Gasteiger partial charge in [0.05, 0.1) is 11.7 Å². The SMILES string of the molecule is CCCC(CC)CN1c2nc(N3CCCCC3)cc(C)c2C(=O)CC1NCC1CCCCC1. The summed E-state index contributed by atoms with van der Waals surface area (Å²) in [7, 11) is 0. The first kappa shape index (κ1) is 24.5. The smallest absolute Gasteiger partial charge is 0.170 e. The van der Waals surface area contributed by atoms with Crippen molar-refractivity contribution in [1.82, 2.24) is 10.3 Å². The summed E-state index contributed by atoms with van der Waals surface area (Å²) < 4.78 is 0. The number of carbonyl (C=O) groups excluding carboxylic acids is 1. The number of aryl methyl sites for hydroxylation is 1. The fraction of sp³-hybridized carbons (Fsp3) is 0.786. The molecule has 0 bridgehead atoms. The van der Waals surface area contributed by atoms with Gasteiger partial charge in [0.2, 0.25) is 0 Å². The van der Waals surface area contributed by atoms with Gasteiger partial charge < -0.3 is 9.80 Å². The van der Waals surface area contributed by atoms with Crippen molar-refractivity contribution in [3.05, 3.63) is 17.2 Å². The molecule has 0 amide bonds. The number of carbonyl (C=O) groups is 1. The molecule has 1 aromatic rings. The van der Waals surface area contributed by atoms with E-state index in [-0.39, 0.29) is 11.9 Å². The Morgan fingerprint density at radius 1 is 1.09 bits per heavy atom. The summed E-state index contributed by atoms with van der Waals surface area (Å²) in [6, 6.07) is 2.17. The number of anilines is 2. The van der Waals surface area contributed by atoms with Gasteiger partial charge >= 0.3 is 0 Å². The fourth-order valence-corrected chi connectivity index (χ4v) is 6.21. The molecule has 2 unspecified atom stereocenters. The van der Waals surface area contributed by atoms with E-state index in [1.54, 1.807) is 0 Å². The molecule has 2 aliphatic heterocycles. The molecule has 2 fully saturated rings. The first-order chi connectivity index (χ1) is 16.1. The molecule has 5 nitrogen and oxygen atoms in total. The summed E-state index contributed by atoms with van der Waals surface area (Å²) in [5.74, 6) is 3.67. The van der Waals surface area contributed by atoms with Gasteiger partial charge in [0.15, 0.2) is 5.78 Å². The Bertz CT molecular complexity index is 782. The van der Waals surface area contributed by atoms with E-state index >= 15 is 0 Å². The highest BCUT2D eigenvalue weighted by molar-refractivity contribution is 6.04. The third-order valence-corrected chi connectivity index (χ3v) is 8.27. The van der Waals surface area contributed by atoms with Crippen molar-refractivity contribution in [2.75, 3.05) is 36.0 Å². The molecule has 0 radical (unpaired) electrons. The minimum Gasteiger partial charge on any atom is -0.357 e. The Labute approximate surface area is 201 Å². The van der Waals surface area contributed by atoms with Crippen molar-refractivity contribution in [3.8, 4) is 0 Å². The van der Waals surface area contributed by atoms with Crippen LogP contribution < -0.4 is 15.1 Å². The lowest BCUT2D eigenvalue weighted by Gasteiger charge is -2.41. The van der Waals surface area contributed by atoms with Crippen LogP contribution in [0, 0.1) is 18.8 Å². The Hall–Kier alpha value is -1.62. The summed E-state index contributed by atoms with van der Waals surface area (Å²) in [4.78, 5) is 23.5. The van der Waals surface area contributed by atoms with E-state index in [4.69, 9.17) is 4.98 Å². The molecular formula is C28H46N4O. The number of rotatable bonds is 9. The number of aromatic nitrogens is 1. The molecule has 1 saturated heterocycles. The molecule has 4 rings (SSSR count). The summed E-state index contributed by atoms with van der Waals surface area (Å²) in [5, 5.41) is 3.85. The van der Waals surface area contributed by atoms with E-state index in [0.717, 1.165) is 54.9 Å². The summed E-state index contributed by atoms with van der Waals surface area (Å²) in [5.41, 5.74) is 1.97. The van der Waals surface area contributed by atoms with Crippen LogP contribution in [0.4, 0.5) is 11.6 Å². The number of Topliss-reactive ketones (excluding diaryl/α,β-unsaturated/α-hetero) is 1. The first-order valence-corrected chi connectivity index (χ1v) is 13.9. The van der Waals surface area contributed by atoms with Crippen LogP contribution in [0.5, 0.6) is 0 Å². The summed E-state index contributed by atoms with van der Waals surface area (Å²) >= 11 is 0. The molecule has 184 valence electrons. The molecule has 3 heterocycles. The van der Waals surface area contributed by atoms with Gasteiger partial charge in [-0.05, 0) is 75.5 Å². The highest BCUT2D eigenvalue weighted by atomic mass is 16.1. The van der Waals surface area contributed by atoms with Crippen molar-refractivity contribution in [1.29, 1.82) is 0 Å². The van der Waals surface area contributed by atoms with Crippen LogP contribution in [-0.2, 0) is 0 Å². The number of nitrogens with zero attached hydrogens (tertiary/aromatic N) is 3. The van der Waals surface area contributed by atoms with Gasteiger partial charge in [-0.1, -0.05) is 46.0 Å². The molecule has 5 heteroatoms. The van der Waals surface area contributed by atoms with Crippen LogP contribution >= 0.6 is 0 Å². The average molecular weight is 455 g/mol. The Balaban J connectivity index is 1.63. The van der Waals surface area contributed by atoms with Crippen LogP contribution in [0.15, 0.2) is 6.07 Å². The molecule has 0 spiro atoms. The lowest BCUT2D eigenvalue weighted by atomic mass is 9.89. The molecule has 2 atom stereocenters. The van der Waals surface area contributed by atoms with Crippen LogP contribution in [0.2, 0.25) is 0 Å². The van der Waals surface area contributed by atoms with E-state index in [0.29, 0.717) is 12.3 Å². The zero-order valence-electron chi connectivity index (χ0n) is 21.4. The van der Waals surface area contributed by atoms with Gasteiger partial charge in [-0.3, -0.25) is 10.1 Å². The van der Waals surface area contributed by atoms with E-state index in [1.165, 1.54) is 70.6 Å². The number of ketones is 1. The molecule has 1 aliphatic carbocycles. The summed E-state index contributed by atoms with van der Waals surface area (Å²) in [6.07, 6.45) is 14.8. The largest absolute Gasteiger partial charge is 0.357 e. The third-order valence-electron chi connectivity index (χ3n) is 8.27. The minimum atomic E-state index is 0.0707. The van der Waals surface area contributed by atoms with Crippen LogP contribution in [0.3, 0.4) is 0 Å². The lowest BCUT2D eigenvalue weighted by molar-refractivity contribution is 0.0955. The van der Waals surface area contributed by atoms with Gasteiger partial charge in [-0.2, -0.15) is 0 Å². The minimum absolute atomic E-state index is 0.0707. The van der Waals surface area contributed by atoms with Crippen molar-refractivity contribution >= 4 is 17.4 Å². The second-order valence-electron chi connectivity index (χ2n) is 10.8. The molecule has 33 heavy (non-hydrogen) atoms. The van der Waals surface area contributed by atoms with Gasteiger partial charge in [0, 0.05) is 26.1 Å². The Kier molecular flexibility index (Phi) is 8.67.